The lowest BCUT2D eigenvalue weighted by Crippen LogP contribution is -2.36. The Morgan fingerprint density at radius 2 is 2.15 bits per heavy atom. The van der Waals surface area contributed by atoms with Crippen molar-refractivity contribution in [3.05, 3.63) is 57.2 Å². The van der Waals surface area contributed by atoms with Gasteiger partial charge in [-0.05, 0) is 25.5 Å². The van der Waals surface area contributed by atoms with Crippen LogP contribution < -0.4 is 0 Å². The van der Waals surface area contributed by atoms with E-state index in [9.17, 15) is 14.9 Å². The quantitative estimate of drug-likeness (QED) is 0.315. The van der Waals surface area contributed by atoms with Crippen molar-refractivity contribution in [2.45, 2.75) is 26.3 Å². The smallest absolute Gasteiger partial charge is 0.270 e. The highest BCUT2D eigenvalue weighted by molar-refractivity contribution is 8.26. The number of nitro benzene ring substituents is 1. The molecular weight excluding hydrogens is 372 g/mol. The Labute approximate surface area is 160 Å². The third-order valence-electron chi connectivity index (χ3n) is 4.10. The van der Waals surface area contributed by atoms with Crippen LogP contribution in [0.2, 0.25) is 0 Å². The summed E-state index contributed by atoms with van der Waals surface area (Å²) >= 11 is 6.56. The number of carbonyl (C=O) groups is 1. The summed E-state index contributed by atoms with van der Waals surface area (Å²) in [5.74, 6) is 0.871. The van der Waals surface area contributed by atoms with Crippen molar-refractivity contribution in [1.82, 2.24) is 4.90 Å². The first-order valence-electron chi connectivity index (χ1n) is 8.02. The summed E-state index contributed by atoms with van der Waals surface area (Å²) in [5.41, 5.74) is 0.598. The summed E-state index contributed by atoms with van der Waals surface area (Å²) in [6.07, 6.45) is 2.47. The number of nitrogens with zero attached hydrogens (tertiary/aromatic N) is 2. The maximum Gasteiger partial charge on any atom is 0.270 e. The average Bonchev–Trinajstić information content (AvgIpc) is 3.19. The lowest BCUT2D eigenvalue weighted by atomic mass is 10.1. The summed E-state index contributed by atoms with van der Waals surface area (Å²) < 4.78 is 6.29. The third kappa shape index (κ3) is 3.56. The van der Waals surface area contributed by atoms with Crippen molar-refractivity contribution >= 4 is 46.0 Å². The van der Waals surface area contributed by atoms with E-state index in [0.717, 1.165) is 6.42 Å². The first kappa shape index (κ1) is 18.3. The fourth-order valence-corrected chi connectivity index (χ4v) is 3.97. The molecule has 3 rings (SSSR count). The van der Waals surface area contributed by atoms with E-state index >= 15 is 0 Å². The predicted octanol–water partition coefficient (Wildman–Crippen LogP) is 4.85. The second kappa shape index (κ2) is 7.43. The lowest BCUT2D eigenvalue weighted by Gasteiger charge is -2.21. The van der Waals surface area contributed by atoms with Crippen LogP contribution in [-0.4, -0.2) is 26.1 Å². The van der Waals surface area contributed by atoms with Gasteiger partial charge in [0.25, 0.3) is 11.6 Å². The molecule has 1 aromatic carbocycles. The molecule has 0 aliphatic carbocycles. The van der Waals surface area contributed by atoms with Gasteiger partial charge < -0.3 is 4.42 Å². The van der Waals surface area contributed by atoms with Gasteiger partial charge in [-0.2, -0.15) is 0 Å². The number of hydrogen-bond acceptors (Lipinski definition) is 6. The van der Waals surface area contributed by atoms with Crippen molar-refractivity contribution in [2.75, 3.05) is 0 Å². The first-order valence-corrected chi connectivity index (χ1v) is 9.25. The Bertz CT molecular complexity index is 919. The van der Waals surface area contributed by atoms with Gasteiger partial charge in [0.05, 0.1) is 9.83 Å². The molecule has 0 spiro atoms. The molecule has 26 heavy (non-hydrogen) atoms. The van der Waals surface area contributed by atoms with Gasteiger partial charge in [-0.15, -0.1) is 0 Å². The van der Waals surface area contributed by atoms with Gasteiger partial charge in [0.2, 0.25) is 0 Å². The van der Waals surface area contributed by atoms with Gasteiger partial charge in [0.15, 0.2) is 0 Å². The van der Waals surface area contributed by atoms with E-state index in [1.54, 1.807) is 35.2 Å². The molecule has 1 amide bonds. The van der Waals surface area contributed by atoms with Gasteiger partial charge in [0.1, 0.15) is 15.8 Å². The number of thiocarbonyl (C=S) groups is 1. The molecule has 0 saturated carbocycles. The minimum atomic E-state index is -0.451. The molecule has 1 aliphatic rings. The van der Waals surface area contributed by atoms with E-state index in [4.69, 9.17) is 16.6 Å². The number of hydrogen-bond donors (Lipinski definition) is 0. The third-order valence-corrected chi connectivity index (χ3v) is 5.43. The summed E-state index contributed by atoms with van der Waals surface area (Å²) in [7, 11) is 0. The number of amides is 1. The molecule has 1 atom stereocenters. The van der Waals surface area contributed by atoms with Crippen LogP contribution in [0.5, 0.6) is 0 Å². The fourth-order valence-electron chi connectivity index (χ4n) is 2.53. The van der Waals surface area contributed by atoms with E-state index in [-0.39, 0.29) is 17.6 Å². The van der Waals surface area contributed by atoms with Crippen LogP contribution in [0.15, 0.2) is 45.7 Å². The van der Waals surface area contributed by atoms with Gasteiger partial charge in [-0.3, -0.25) is 19.8 Å². The number of nitro groups is 1. The molecule has 0 unspecified atom stereocenters. The Morgan fingerprint density at radius 1 is 1.38 bits per heavy atom. The number of benzene rings is 1. The highest BCUT2D eigenvalue weighted by Gasteiger charge is 2.34. The molecule has 1 fully saturated rings. The van der Waals surface area contributed by atoms with E-state index in [1.165, 1.54) is 23.9 Å². The summed E-state index contributed by atoms with van der Waals surface area (Å²) in [5, 5.41) is 10.9. The van der Waals surface area contributed by atoms with Crippen LogP contribution in [0.4, 0.5) is 5.69 Å². The molecule has 1 saturated heterocycles. The monoisotopic (exact) mass is 388 g/mol. The molecule has 134 valence electrons. The van der Waals surface area contributed by atoms with Crippen LogP contribution in [0.1, 0.15) is 26.0 Å². The van der Waals surface area contributed by atoms with Crippen LogP contribution in [0, 0.1) is 10.1 Å². The van der Waals surface area contributed by atoms with Crippen molar-refractivity contribution in [1.29, 1.82) is 0 Å². The van der Waals surface area contributed by atoms with Crippen molar-refractivity contribution in [2.24, 2.45) is 0 Å². The Hall–Kier alpha value is -2.45. The second-order valence-corrected chi connectivity index (χ2v) is 7.49. The van der Waals surface area contributed by atoms with E-state index in [1.807, 2.05) is 13.8 Å². The SMILES string of the molecule is CC[C@@H](C)N1C(=O)/C(=C\c2ccc(-c3cccc([N+](=O)[O-])c3)o2)SC1=S. The summed E-state index contributed by atoms with van der Waals surface area (Å²) in [4.78, 5) is 25.1. The Kier molecular flexibility index (Phi) is 5.24. The lowest BCUT2D eigenvalue weighted by molar-refractivity contribution is -0.384. The zero-order valence-corrected chi connectivity index (χ0v) is 15.8. The van der Waals surface area contributed by atoms with Gasteiger partial charge in [0, 0.05) is 29.8 Å². The van der Waals surface area contributed by atoms with Crippen molar-refractivity contribution in [3.63, 3.8) is 0 Å². The second-order valence-electron chi connectivity index (χ2n) is 5.82. The van der Waals surface area contributed by atoms with Gasteiger partial charge in [-0.25, -0.2) is 0 Å². The number of thioether (sulfide) groups is 1. The maximum atomic E-state index is 12.5. The average molecular weight is 388 g/mol. The number of rotatable bonds is 5. The standard InChI is InChI=1S/C18H16N2O4S2/c1-3-11(2)19-17(21)16(26-18(19)25)10-14-7-8-15(24-14)12-5-4-6-13(9-12)20(22)23/h4-11H,3H2,1-2H3/b16-10+/t11-/m1/s1. The van der Waals surface area contributed by atoms with E-state index in [2.05, 4.69) is 0 Å². The van der Waals surface area contributed by atoms with Crippen molar-refractivity contribution in [3.8, 4) is 11.3 Å². The van der Waals surface area contributed by atoms with Crippen molar-refractivity contribution < 1.29 is 14.1 Å². The number of furan rings is 1. The molecule has 2 aromatic rings. The molecular formula is C18H16N2O4S2. The molecule has 2 heterocycles. The summed E-state index contributed by atoms with van der Waals surface area (Å²) in [6, 6.07) is 9.71. The van der Waals surface area contributed by atoms with Crippen LogP contribution >= 0.6 is 24.0 Å². The predicted molar refractivity (Wildman–Crippen MR) is 106 cm³/mol. The zero-order valence-electron chi connectivity index (χ0n) is 14.2. The van der Waals surface area contributed by atoms with E-state index < -0.39 is 4.92 Å². The Morgan fingerprint density at radius 3 is 2.85 bits per heavy atom. The minimum absolute atomic E-state index is 0.00475. The largest absolute Gasteiger partial charge is 0.457 e. The van der Waals surface area contributed by atoms with E-state index in [0.29, 0.717) is 26.3 Å². The molecule has 1 aliphatic heterocycles. The topological polar surface area (TPSA) is 76.6 Å². The normalized spacial score (nSPS) is 17.2. The summed E-state index contributed by atoms with van der Waals surface area (Å²) in [6.45, 7) is 3.96. The van der Waals surface area contributed by atoms with Gasteiger partial charge >= 0.3 is 0 Å². The maximum absolute atomic E-state index is 12.5. The van der Waals surface area contributed by atoms with Crippen LogP contribution in [-0.2, 0) is 4.79 Å². The fraction of sp³-hybridized carbons (Fsp3) is 0.222. The minimum Gasteiger partial charge on any atom is -0.457 e. The zero-order chi connectivity index (χ0) is 18.8. The highest BCUT2D eigenvalue weighted by atomic mass is 32.2. The molecule has 0 N–H and O–H groups in total. The Balaban J connectivity index is 1.86. The van der Waals surface area contributed by atoms with Crippen LogP contribution in [0.25, 0.3) is 17.4 Å². The molecule has 6 nitrogen and oxygen atoms in total. The number of non-ortho nitro benzene ring substituents is 1. The molecule has 1 aromatic heterocycles. The number of carbonyl (C=O) groups excluding carboxylic acids is 1. The highest BCUT2D eigenvalue weighted by Crippen LogP contribution is 2.35. The van der Waals surface area contributed by atoms with Crippen LogP contribution in [0.3, 0.4) is 0 Å². The first-order chi connectivity index (χ1) is 12.4. The van der Waals surface area contributed by atoms with Gasteiger partial charge in [-0.1, -0.05) is 43.0 Å². The molecule has 0 bridgehead atoms. The molecule has 8 heteroatoms. The molecule has 0 radical (unpaired) electrons.